The highest BCUT2D eigenvalue weighted by Crippen LogP contribution is 2.26. The third-order valence-electron chi connectivity index (χ3n) is 1.97. The minimum Gasteiger partial charge on any atom is -0.496 e. The van der Waals surface area contributed by atoms with Gasteiger partial charge in [-0.15, -0.1) is 0 Å². The highest BCUT2D eigenvalue weighted by atomic mass is 16.5. The van der Waals surface area contributed by atoms with E-state index in [1.54, 1.807) is 19.6 Å². The molecule has 124 valence electrons. The molecule has 0 saturated heterocycles. The summed E-state index contributed by atoms with van der Waals surface area (Å²) in [6.45, 7) is 6.06. The van der Waals surface area contributed by atoms with Crippen LogP contribution in [-0.4, -0.2) is 51.5 Å². The average Bonchev–Trinajstić information content (AvgIpc) is 2.57. The summed E-state index contributed by atoms with van der Waals surface area (Å²) in [4.78, 5) is 10.4. The van der Waals surface area contributed by atoms with Gasteiger partial charge in [0.1, 0.15) is 5.75 Å². The summed E-state index contributed by atoms with van der Waals surface area (Å²) < 4.78 is 5.26. The zero-order valence-electron chi connectivity index (χ0n) is 14.8. The molecule has 0 unspecified atom stereocenters. The third kappa shape index (κ3) is 10.8. The molecule has 6 heteroatoms. The number of aliphatic imine (C=N–C) groups is 1. The molecule has 0 bridgehead atoms. The molecule has 1 heterocycles. The van der Waals surface area contributed by atoms with Gasteiger partial charge in [-0.25, -0.2) is 9.98 Å². The van der Waals surface area contributed by atoms with Crippen LogP contribution in [0, 0.1) is 0 Å². The number of rotatable bonds is 4. The van der Waals surface area contributed by atoms with Gasteiger partial charge in [-0.2, -0.15) is 0 Å². The van der Waals surface area contributed by atoms with Crippen molar-refractivity contribution in [3.05, 3.63) is 17.8 Å². The maximum absolute atomic E-state index is 5.26. The molecule has 0 radical (unpaired) electrons. The van der Waals surface area contributed by atoms with E-state index in [4.69, 9.17) is 4.74 Å². The molecule has 0 amide bonds. The van der Waals surface area contributed by atoms with Crippen LogP contribution in [0.4, 0.5) is 5.82 Å². The predicted molar refractivity (Wildman–Crippen MR) is 93.6 cm³/mol. The fourth-order valence-electron chi connectivity index (χ4n) is 1.27. The first-order valence-electron chi connectivity index (χ1n) is 7.07. The van der Waals surface area contributed by atoms with Gasteiger partial charge in [0.15, 0.2) is 5.82 Å². The van der Waals surface area contributed by atoms with Gasteiger partial charge in [-0.1, -0.05) is 20.8 Å². The summed E-state index contributed by atoms with van der Waals surface area (Å²) in [6, 6.07) is 1.85. The Labute approximate surface area is 130 Å². The predicted octanol–water partition coefficient (Wildman–Crippen LogP) is 2.05. The Hall–Kier alpha value is -1.66. The number of nitrogens with two attached hydrogens (primary N) is 2. The lowest BCUT2D eigenvalue weighted by molar-refractivity contribution is 0.409. The number of pyridine rings is 1. The second-order valence-corrected chi connectivity index (χ2v) is 3.38. The molecule has 1 aromatic heterocycles. The van der Waals surface area contributed by atoms with E-state index in [9.17, 15) is 0 Å². The standard InChI is InChI=1S/C11H17N3O.C2H6.2CH5N/c1-5-9-10(15-4)6-7-12-11(9)13-8-14(2)3;3*1-2/h6-8H,5H2,1-4H3;1-2H3;2*2H2,1H3. The summed E-state index contributed by atoms with van der Waals surface area (Å²) in [5.74, 6) is 1.57. The molecule has 0 fully saturated rings. The quantitative estimate of drug-likeness (QED) is 0.656. The monoisotopic (exact) mass is 299 g/mol. The Bertz CT molecular complexity index is 354. The zero-order valence-corrected chi connectivity index (χ0v) is 14.8. The van der Waals surface area contributed by atoms with Gasteiger partial charge in [0.2, 0.25) is 0 Å². The van der Waals surface area contributed by atoms with Gasteiger partial charge < -0.3 is 21.1 Å². The Morgan fingerprint density at radius 3 is 2.14 bits per heavy atom. The third-order valence-corrected chi connectivity index (χ3v) is 1.97. The Kier molecular flexibility index (Phi) is 21.3. The minimum absolute atomic E-state index is 0.727. The van der Waals surface area contributed by atoms with Gasteiger partial charge in [0.05, 0.1) is 13.4 Å². The molecule has 0 aliphatic heterocycles. The van der Waals surface area contributed by atoms with Crippen molar-refractivity contribution in [1.29, 1.82) is 0 Å². The van der Waals surface area contributed by atoms with Gasteiger partial charge in [-0.05, 0) is 26.6 Å². The van der Waals surface area contributed by atoms with Gasteiger partial charge in [-0.3, -0.25) is 0 Å². The molecule has 0 aromatic carbocycles. The lowest BCUT2D eigenvalue weighted by Gasteiger charge is -2.09. The number of methoxy groups -OCH3 is 1. The molecule has 21 heavy (non-hydrogen) atoms. The fourth-order valence-corrected chi connectivity index (χ4v) is 1.27. The first kappa shape index (κ1) is 24.4. The van der Waals surface area contributed by atoms with Crippen molar-refractivity contribution in [2.45, 2.75) is 27.2 Å². The SMILES string of the molecule is CC.CCc1c(OC)ccnc1N=CN(C)C.CN.CN. The summed E-state index contributed by atoms with van der Waals surface area (Å²) in [5, 5.41) is 0. The fraction of sp³-hybridized carbons (Fsp3) is 0.600. The lowest BCUT2D eigenvalue weighted by atomic mass is 10.2. The topological polar surface area (TPSA) is 89.8 Å². The van der Waals surface area contributed by atoms with Crippen LogP contribution in [0.25, 0.3) is 0 Å². The van der Waals surface area contributed by atoms with Crippen LogP contribution in [0.1, 0.15) is 26.3 Å². The van der Waals surface area contributed by atoms with E-state index in [-0.39, 0.29) is 0 Å². The van der Waals surface area contributed by atoms with Crippen LogP contribution >= 0.6 is 0 Å². The molecular weight excluding hydrogens is 266 g/mol. The number of hydrogen-bond acceptors (Lipinski definition) is 5. The summed E-state index contributed by atoms with van der Waals surface area (Å²) >= 11 is 0. The van der Waals surface area contributed by atoms with Crippen LogP contribution in [-0.2, 0) is 6.42 Å². The molecule has 0 saturated carbocycles. The van der Waals surface area contributed by atoms with Gasteiger partial charge in [0.25, 0.3) is 0 Å². The zero-order chi connectivity index (χ0) is 17.3. The summed E-state index contributed by atoms with van der Waals surface area (Å²) in [6.07, 6.45) is 4.30. The van der Waals surface area contributed by atoms with Crippen molar-refractivity contribution in [2.75, 3.05) is 35.3 Å². The van der Waals surface area contributed by atoms with Crippen molar-refractivity contribution in [3.63, 3.8) is 0 Å². The average molecular weight is 299 g/mol. The van der Waals surface area contributed by atoms with Crippen LogP contribution in [0.3, 0.4) is 0 Å². The van der Waals surface area contributed by atoms with Crippen molar-refractivity contribution in [1.82, 2.24) is 9.88 Å². The lowest BCUT2D eigenvalue weighted by Crippen LogP contribution is -2.07. The molecule has 0 aliphatic rings. The largest absolute Gasteiger partial charge is 0.496 e. The van der Waals surface area contributed by atoms with Crippen molar-refractivity contribution in [2.24, 2.45) is 16.5 Å². The summed E-state index contributed by atoms with van der Waals surface area (Å²) in [7, 11) is 8.51. The number of ether oxygens (including phenoxy) is 1. The van der Waals surface area contributed by atoms with Crippen LogP contribution in [0.2, 0.25) is 0 Å². The highest BCUT2D eigenvalue weighted by Gasteiger charge is 2.06. The first-order chi connectivity index (χ1) is 10.2. The Morgan fingerprint density at radius 1 is 1.24 bits per heavy atom. The number of nitrogens with zero attached hydrogens (tertiary/aromatic N) is 3. The molecule has 0 spiro atoms. The second-order valence-electron chi connectivity index (χ2n) is 3.38. The first-order valence-corrected chi connectivity index (χ1v) is 7.07. The van der Waals surface area contributed by atoms with Gasteiger partial charge >= 0.3 is 0 Å². The van der Waals surface area contributed by atoms with Crippen molar-refractivity contribution < 1.29 is 4.74 Å². The smallest absolute Gasteiger partial charge is 0.160 e. The maximum atomic E-state index is 5.26. The second kappa shape index (κ2) is 18.3. The molecule has 4 N–H and O–H groups in total. The van der Waals surface area contributed by atoms with E-state index in [1.165, 1.54) is 14.1 Å². The Balaban J connectivity index is -0.000000478. The van der Waals surface area contributed by atoms with E-state index >= 15 is 0 Å². The Morgan fingerprint density at radius 2 is 1.76 bits per heavy atom. The van der Waals surface area contributed by atoms with E-state index < -0.39 is 0 Å². The molecular formula is C15H33N5O. The summed E-state index contributed by atoms with van der Waals surface area (Å²) in [5.41, 5.74) is 10.0. The van der Waals surface area contributed by atoms with Gasteiger partial charge in [0, 0.05) is 25.9 Å². The van der Waals surface area contributed by atoms with E-state index in [2.05, 4.69) is 28.4 Å². The molecule has 6 nitrogen and oxygen atoms in total. The van der Waals surface area contributed by atoms with Crippen LogP contribution in [0.5, 0.6) is 5.75 Å². The molecule has 1 rings (SSSR count). The van der Waals surface area contributed by atoms with Crippen molar-refractivity contribution in [3.8, 4) is 5.75 Å². The van der Waals surface area contributed by atoms with E-state index in [0.29, 0.717) is 0 Å². The maximum Gasteiger partial charge on any atom is 0.160 e. The molecule has 0 aliphatic carbocycles. The normalized spacial score (nSPS) is 8.48. The van der Waals surface area contributed by atoms with E-state index in [1.807, 2.05) is 38.9 Å². The van der Waals surface area contributed by atoms with Crippen LogP contribution in [0.15, 0.2) is 17.3 Å². The number of aromatic nitrogens is 1. The highest BCUT2D eigenvalue weighted by molar-refractivity contribution is 5.62. The molecule has 1 aromatic rings. The minimum atomic E-state index is 0.727. The van der Waals surface area contributed by atoms with E-state index in [0.717, 1.165) is 23.6 Å². The van der Waals surface area contributed by atoms with Crippen molar-refractivity contribution >= 4 is 12.2 Å². The molecule has 0 atom stereocenters. The van der Waals surface area contributed by atoms with Crippen LogP contribution < -0.4 is 16.2 Å². The number of hydrogen-bond donors (Lipinski definition) is 2.